The molecule has 1 saturated heterocycles. The maximum absolute atomic E-state index is 10.9. The number of piperidine rings is 1. The van der Waals surface area contributed by atoms with Gasteiger partial charge in [0.2, 0.25) is 0 Å². The second kappa shape index (κ2) is 5.16. The van der Waals surface area contributed by atoms with Crippen LogP contribution in [0.15, 0.2) is 18.2 Å². The SMILES string of the molecule is COc1cc(N)ccc1N1CCC(C(=O)O)CC1. The lowest BCUT2D eigenvalue weighted by Crippen LogP contribution is -2.36. The molecule has 0 spiro atoms. The van der Waals surface area contributed by atoms with E-state index in [9.17, 15) is 4.79 Å². The predicted octanol–water partition coefficient (Wildman–Crippen LogP) is 1.58. The first kappa shape index (κ1) is 12.5. The Hall–Kier alpha value is -1.91. The van der Waals surface area contributed by atoms with Crippen LogP contribution in [0.5, 0.6) is 5.75 Å². The average molecular weight is 250 g/mol. The van der Waals surface area contributed by atoms with Crippen LogP contribution >= 0.6 is 0 Å². The summed E-state index contributed by atoms with van der Waals surface area (Å²) in [6, 6.07) is 5.55. The van der Waals surface area contributed by atoms with Crippen molar-refractivity contribution in [1.29, 1.82) is 0 Å². The number of ether oxygens (including phenoxy) is 1. The number of hydrogen-bond acceptors (Lipinski definition) is 4. The summed E-state index contributed by atoms with van der Waals surface area (Å²) in [4.78, 5) is 13.1. The highest BCUT2D eigenvalue weighted by molar-refractivity contribution is 5.71. The van der Waals surface area contributed by atoms with Gasteiger partial charge in [-0.05, 0) is 25.0 Å². The molecule has 1 aliphatic heterocycles. The zero-order valence-electron chi connectivity index (χ0n) is 10.4. The first-order chi connectivity index (χ1) is 8.61. The Labute approximate surface area is 106 Å². The Kier molecular flexibility index (Phi) is 3.60. The number of anilines is 2. The van der Waals surface area contributed by atoms with Crippen LogP contribution in [0.3, 0.4) is 0 Å². The molecule has 0 saturated carbocycles. The van der Waals surface area contributed by atoms with Gasteiger partial charge in [0, 0.05) is 24.8 Å². The maximum atomic E-state index is 10.9. The normalized spacial score (nSPS) is 16.6. The molecule has 0 atom stereocenters. The van der Waals surface area contributed by atoms with Gasteiger partial charge in [-0.1, -0.05) is 0 Å². The van der Waals surface area contributed by atoms with E-state index in [1.165, 1.54) is 0 Å². The minimum atomic E-state index is -0.695. The van der Waals surface area contributed by atoms with Gasteiger partial charge in [-0.15, -0.1) is 0 Å². The van der Waals surface area contributed by atoms with Gasteiger partial charge >= 0.3 is 5.97 Å². The van der Waals surface area contributed by atoms with Gasteiger partial charge in [-0.25, -0.2) is 0 Å². The van der Waals surface area contributed by atoms with E-state index in [2.05, 4.69) is 4.90 Å². The molecule has 5 heteroatoms. The van der Waals surface area contributed by atoms with Crippen LogP contribution in [-0.2, 0) is 4.79 Å². The molecule has 0 amide bonds. The Morgan fingerprint density at radius 2 is 2.11 bits per heavy atom. The molecule has 0 radical (unpaired) electrons. The van der Waals surface area contributed by atoms with E-state index in [1.807, 2.05) is 12.1 Å². The van der Waals surface area contributed by atoms with Crippen molar-refractivity contribution >= 4 is 17.3 Å². The lowest BCUT2D eigenvalue weighted by Gasteiger charge is -2.32. The van der Waals surface area contributed by atoms with E-state index in [1.54, 1.807) is 13.2 Å². The van der Waals surface area contributed by atoms with Crippen molar-refractivity contribution in [3.8, 4) is 5.75 Å². The van der Waals surface area contributed by atoms with Crippen molar-refractivity contribution in [3.63, 3.8) is 0 Å². The number of carboxylic acid groups (broad SMARTS) is 1. The number of rotatable bonds is 3. The number of nitrogen functional groups attached to an aromatic ring is 1. The van der Waals surface area contributed by atoms with E-state index in [0.717, 1.165) is 24.5 Å². The van der Waals surface area contributed by atoms with Crippen molar-refractivity contribution < 1.29 is 14.6 Å². The topological polar surface area (TPSA) is 75.8 Å². The molecule has 0 unspecified atom stereocenters. The van der Waals surface area contributed by atoms with E-state index < -0.39 is 5.97 Å². The quantitative estimate of drug-likeness (QED) is 0.796. The molecule has 1 fully saturated rings. The Morgan fingerprint density at radius 3 is 2.67 bits per heavy atom. The van der Waals surface area contributed by atoms with Crippen molar-refractivity contribution in [2.45, 2.75) is 12.8 Å². The van der Waals surface area contributed by atoms with E-state index >= 15 is 0 Å². The standard InChI is InChI=1S/C13H18N2O3/c1-18-12-8-10(14)2-3-11(12)15-6-4-9(5-7-15)13(16)17/h2-3,8-9H,4-7,14H2,1H3,(H,16,17). The average Bonchev–Trinajstić information content (AvgIpc) is 2.38. The molecule has 1 aliphatic rings. The lowest BCUT2D eigenvalue weighted by atomic mass is 9.96. The minimum Gasteiger partial charge on any atom is -0.495 e. The van der Waals surface area contributed by atoms with E-state index in [0.29, 0.717) is 18.5 Å². The number of nitrogens with zero attached hydrogens (tertiary/aromatic N) is 1. The summed E-state index contributed by atoms with van der Waals surface area (Å²) in [6.45, 7) is 1.47. The first-order valence-electron chi connectivity index (χ1n) is 6.03. The molecule has 2 rings (SSSR count). The molecule has 5 nitrogen and oxygen atoms in total. The van der Waals surface area contributed by atoms with E-state index in [-0.39, 0.29) is 5.92 Å². The summed E-state index contributed by atoms with van der Waals surface area (Å²) < 4.78 is 5.32. The fraction of sp³-hybridized carbons (Fsp3) is 0.462. The van der Waals surface area contributed by atoms with Crippen LogP contribution < -0.4 is 15.4 Å². The number of methoxy groups -OCH3 is 1. The third-order valence-electron chi connectivity index (χ3n) is 3.39. The first-order valence-corrected chi connectivity index (χ1v) is 6.03. The lowest BCUT2D eigenvalue weighted by molar-refractivity contribution is -0.142. The second-order valence-electron chi connectivity index (χ2n) is 4.53. The number of benzene rings is 1. The van der Waals surface area contributed by atoms with Gasteiger partial charge in [-0.3, -0.25) is 4.79 Å². The van der Waals surface area contributed by atoms with Crippen LogP contribution in [0.4, 0.5) is 11.4 Å². The molecule has 0 bridgehead atoms. The highest BCUT2D eigenvalue weighted by Gasteiger charge is 2.25. The fourth-order valence-electron chi connectivity index (χ4n) is 2.32. The van der Waals surface area contributed by atoms with Crippen LogP contribution in [-0.4, -0.2) is 31.3 Å². The summed E-state index contributed by atoms with van der Waals surface area (Å²) in [6.07, 6.45) is 1.34. The Bertz CT molecular complexity index is 440. The minimum absolute atomic E-state index is 0.221. The third-order valence-corrected chi connectivity index (χ3v) is 3.39. The van der Waals surface area contributed by atoms with Crippen LogP contribution in [0.25, 0.3) is 0 Å². The molecule has 1 aromatic rings. The third kappa shape index (κ3) is 2.50. The number of aliphatic carboxylic acids is 1. The van der Waals surface area contributed by atoms with Gasteiger partial charge in [0.25, 0.3) is 0 Å². The molecular formula is C13H18N2O3. The summed E-state index contributed by atoms with van der Waals surface area (Å²) in [5.74, 6) is -0.177. The molecule has 18 heavy (non-hydrogen) atoms. The highest BCUT2D eigenvalue weighted by atomic mass is 16.5. The van der Waals surface area contributed by atoms with Crippen molar-refractivity contribution in [2.75, 3.05) is 30.8 Å². The van der Waals surface area contributed by atoms with Gasteiger partial charge in [0.15, 0.2) is 0 Å². The second-order valence-corrected chi connectivity index (χ2v) is 4.53. The molecule has 0 aromatic heterocycles. The molecule has 3 N–H and O–H groups in total. The molecule has 1 aromatic carbocycles. The van der Waals surface area contributed by atoms with Gasteiger partial charge in [0.05, 0.1) is 18.7 Å². The number of carbonyl (C=O) groups is 1. The van der Waals surface area contributed by atoms with Crippen molar-refractivity contribution in [1.82, 2.24) is 0 Å². The molecular weight excluding hydrogens is 232 g/mol. The predicted molar refractivity (Wildman–Crippen MR) is 70.0 cm³/mol. The monoisotopic (exact) mass is 250 g/mol. The fourth-order valence-corrected chi connectivity index (χ4v) is 2.32. The number of nitrogens with two attached hydrogens (primary N) is 1. The van der Waals surface area contributed by atoms with Gasteiger partial charge in [0.1, 0.15) is 5.75 Å². The van der Waals surface area contributed by atoms with Crippen LogP contribution in [0.2, 0.25) is 0 Å². The molecule has 98 valence electrons. The van der Waals surface area contributed by atoms with Crippen molar-refractivity contribution in [3.05, 3.63) is 18.2 Å². The Morgan fingerprint density at radius 1 is 1.44 bits per heavy atom. The van der Waals surface area contributed by atoms with Crippen LogP contribution in [0.1, 0.15) is 12.8 Å². The largest absolute Gasteiger partial charge is 0.495 e. The molecule has 0 aliphatic carbocycles. The summed E-state index contributed by atoms with van der Waals surface area (Å²) in [7, 11) is 1.61. The zero-order chi connectivity index (χ0) is 13.1. The smallest absolute Gasteiger partial charge is 0.306 e. The highest BCUT2D eigenvalue weighted by Crippen LogP contribution is 2.33. The Balaban J connectivity index is 2.12. The number of carboxylic acids is 1. The van der Waals surface area contributed by atoms with Gasteiger partial charge in [-0.2, -0.15) is 0 Å². The number of hydrogen-bond donors (Lipinski definition) is 2. The zero-order valence-corrected chi connectivity index (χ0v) is 10.4. The molecule has 1 heterocycles. The summed E-state index contributed by atoms with van der Waals surface area (Å²) in [5.41, 5.74) is 7.36. The summed E-state index contributed by atoms with van der Waals surface area (Å²) in [5, 5.41) is 8.97. The van der Waals surface area contributed by atoms with E-state index in [4.69, 9.17) is 15.6 Å². The van der Waals surface area contributed by atoms with Crippen molar-refractivity contribution in [2.24, 2.45) is 5.92 Å². The summed E-state index contributed by atoms with van der Waals surface area (Å²) >= 11 is 0. The van der Waals surface area contributed by atoms with Gasteiger partial charge < -0.3 is 20.5 Å². The van der Waals surface area contributed by atoms with Crippen LogP contribution in [0, 0.1) is 5.92 Å². The maximum Gasteiger partial charge on any atom is 0.306 e.